The Bertz CT molecular complexity index is 1210. The number of benzene rings is 2. The molecule has 31 heavy (non-hydrogen) atoms. The summed E-state index contributed by atoms with van der Waals surface area (Å²) in [4.78, 5) is 18.2. The molecule has 0 bridgehead atoms. The molecule has 1 saturated carbocycles. The van der Waals surface area contributed by atoms with E-state index in [0.29, 0.717) is 28.6 Å². The minimum atomic E-state index is -4.51. The quantitative estimate of drug-likeness (QED) is 0.583. The number of hydrogen-bond acceptors (Lipinski definition) is 5. The van der Waals surface area contributed by atoms with E-state index in [1.54, 1.807) is 18.2 Å². The summed E-state index contributed by atoms with van der Waals surface area (Å²) >= 11 is 0. The van der Waals surface area contributed by atoms with Crippen molar-refractivity contribution in [3.8, 4) is 11.4 Å². The zero-order valence-corrected chi connectivity index (χ0v) is 16.8. The van der Waals surface area contributed by atoms with Crippen LogP contribution in [0.5, 0.6) is 0 Å². The number of halogens is 3. The third kappa shape index (κ3) is 3.78. The fourth-order valence-corrected chi connectivity index (χ4v) is 3.87. The molecular formula is C23H20F3N5. The Morgan fingerprint density at radius 2 is 1.74 bits per heavy atom. The minimum absolute atomic E-state index is 0.00570. The lowest BCUT2D eigenvalue weighted by atomic mass is 10.1. The molecule has 2 aromatic carbocycles. The number of aliphatic imine (C=N–C) groups is 2. The number of hydrogen-bond donors (Lipinski definition) is 1. The second-order valence-corrected chi connectivity index (χ2v) is 7.77. The van der Waals surface area contributed by atoms with Gasteiger partial charge >= 0.3 is 6.18 Å². The Morgan fingerprint density at radius 3 is 2.48 bits per heavy atom. The maximum Gasteiger partial charge on any atom is 0.417 e. The number of guanidine groups is 1. The van der Waals surface area contributed by atoms with Gasteiger partial charge in [-0.3, -0.25) is 0 Å². The summed E-state index contributed by atoms with van der Waals surface area (Å²) in [6.45, 7) is 2.07. The van der Waals surface area contributed by atoms with Crippen LogP contribution >= 0.6 is 0 Å². The van der Waals surface area contributed by atoms with Gasteiger partial charge < -0.3 is 5.32 Å². The molecule has 1 atom stereocenters. The second-order valence-electron chi connectivity index (χ2n) is 7.77. The molecule has 5 nitrogen and oxygen atoms in total. The molecule has 158 valence electrons. The van der Waals surface area contributed by atoms with E-state index in [9.17, 15) is 13.2 Å². The van der Waals surface area contributed by atoms with E-state index in [0.717, 1.165) is 31.0 Å². The highest BCUT2D eigenvalue weighted by Gasteiger charge is 2.36. The van der Waals surface area contributed by atoms with Crippen molar-refractivity contribution in [2.75, 3.05) is 5.32 Å². The highest BCUT2D eigenvalue weighted by molar-refractivity contribution is 6.12. The molecule has 1 fully saturated rings. The predicted molar refractivity (Wildman–Crippen MR) is 115 cm³/mol. The summed E-state index contributed by atoms with van der Waals surface area (Å²) in [5.74, 6) is 1.34. The van der Waals surface area contributed by atoms with Gasteiger partial charge in [0, 0.05) is 16.7 Å². The van der Waals surface area contributed by atoms with Gasteiger partial charge in [-0.15, -0.1) is 0 Å². The third-order valence-corrected chi connectivity index (χ3v) is 5.54. The zero-order chi connectivity index (χ0) is 21.6. The molecule has 8 heteroatoms. The fraction of sp³-hybridized carbons (Fsp3) is 0.304. The number of aromatic nitrogens is 2. The number of alkyl halides is 3. The first-order chi connectivity index (χ1) is 14.9. The Morgan fingerprint density at radius 1 is 1.00 bits per heavy atom. The summed E-state index contributed by atoms with van der Waals surface area (Å²) in [6, 6.07) is 12.6. The number of nitrogens with one attached hydrogen (secondary N) is 1. The summed E-state index contributed by atoms with van der Waals surface area (Å²) in [5.41, 5.74) is 0.801. The Balaban J connectivity index is 1.60. The summed E-state index contributed by atoms with van der Waals surface area (Å²) in [6.07, 6.45) is -1.39. The lowest BCUT2D eigenvalue weighted by Crippen LogP contribution is -2.15. The molecule has 1 aliphatic carbocycles. The molecule has 0 spiro atoms. The number of rotatable bonds is 4. The molecular weight excluding hydrogens is 403 g/mol. The molecule has 0 amide bonds. The van der Waals surface area contributed by atoms with E-state index in [1.807, 2.05) is 12.1 Å². The van der Waals surface area contributed by atoms with Crippen LogP contribution in [-0.2, 0) is 6.18 Å². The lowest BCUT2D eigenvalue weighted by Gasteiger charge is -2.14. The van der Waals surface area contributed by atoms with E-state index < -0.39 is 11.7 Å². The fourth-order valence-electron chi connectivity index (χ4n) is 3.87. The van der Waals surface area contributed by atoms with Gasteiger partial charge in [-0.25, -0.2) is 20.0 Å². The maximum atomic E-state index is 13.6. The molecule has 3 aromatic rings. The molecule has 0 saturated heterocycles. The van der Waals surface area contributed by atoms with Crippen LogP contribution in [0.4, 0.5) is 19.0 Å². The molecule has 1 N–H and O–H groups in total. The average molecular weight is 423 g/mol. The number of para-hydroxylation sites is 1. The average Bonchev–Trinajstić information content (AvgIpc) is 3.53. The number of anilines is 1. The molecule has 1 unspecified atom stereocenters. The monoisotopic (exact) mass is 423 g/mol. The van der Waals surface area contributed by atoms with Gasteiger partial charge in [-0.1, -0.05) is 37.3 Å². The predicted octanol–water partition coefficient (Wildman–Crippen LogP) is 5.73. The van der Waals surface area contributed by atoms with Crippen LogP contribution in [0, 0.1) is 5.92 Å². The van der Waals surface area contributed by atoms with Gasteiger partial charge in [0.2, 0.25) is 5.96 Å². The third-order valence-electron chi connectivity index (χ3n) is 5.54. The van der Waals surface area contributed by atoms with Gasteiger partial charge in [0.05, 0.1) is 17.1 Å². The summed E-state index contributed by atoms with van der Waals surface area (Å²) < 4.78 is 40.7. The Labute approximate surface area is 177 Å². The van der Waals surface area contributed by atoms with E-state index in [4.69, 9.17) is 0 Å². The van der Waals surface area contributed by atoms with Crippen LogP contribution in [-0.4, -0.2) is 27.7 Å². The lowest BCUT2D eigenvalue weighted by molar-refractivity contribution is -0.137. The van der Waals surface area contributed by atoms with Crippen molar-refractivity contribution >= 4 is 28.4 Å². The van der Waals surface area contributed by atoms with E-state index in [1.165, 1.54) is 12.1 Å². The Kier molecular flexibility index (Phi) is 4.72. The summed E-state index contributed by atoms with van der Waals surface area (Å²) in [7, 11) is 0. The normalized spacial score (nSPS) is 18.8. The number of fused-ring (bicyclic) bond motifs is 1. The van der Waals surface area contributed by atoms with Crippen LogP contribution in [0.25, 0.3) is 22.3 Å². The number of nitrogens with zero attached hydrogens (tertiary/aromatic N) is 4. The van der Waals surface area contributed by atoms with Crippen LogP contribution in [0.15, 0.2) is 58.5 Å². The second kappa shape index (κ2) is 7.44. The van der Waals surface area contributed by atoms with Gasteiger partial charge in [0.15, 0.2) is 5.82 Å². The van der Waals surface area contributed by atoms with Crippen LogP contribution in [0.1, 0.15) is 31.7 Å². The van der Waals surface area contributed by atoms with Crippen molar-refractivity contribution < 1.29 is 13.2 Å². The first kappa shape index (κ1) is 19.7. The minimum Gasteiger partial charge on any atom is -0.308 e. The van der Waals surface area contributed by atoms with Crippen LogP contribution in [0.3, 0.4) is 0 Å². The smallest absolute Gasteiger partial charge is 0.308 e. The molecule has 0 radical (unpaired) electrons. The van der Waals surface area contributed by atoms with Crippen molar-refractivity contribution in [3.05, 3.63) is 54.1 Å². The first-order valence-corrected chi connectivity index (χ1v) is 10.3. The van der Waals surface area contributed by atoms with Crippen molar-refractivity contribution in [1.29, 1.82) is 0 Å². The van der Waals surface area contributed by atoms with Gasteiger partial charge in [-0.2, -0.15) is 13.2 Å². The van der Waals surface area contributed by atoms with E-state index in [-0.39, 0.29) is 17.4 Å². The topological polar surface area (TPSA) is 62.5 Å². The van der Waals surface area contributed by atoms with E-state index in [2.05, 4.69) is 32.2 Å². The highest BCUT2D eigenvalue weighted by Crippen LogP contribution is 2.37. The molecule has 1 aliphatic heterocycles. The van der Waals surface area contributed by atoms with Crippen molar-refractivity contribution in [2.45, 2.75) is 38.4 Å². The van der Waals surface area contributed by atoms with Gasteiger partial charge in [0.1, 0.15) is 5.82 Å². The Hall–Kier alpha value is -3.29. The molecule has 5 rings (SSSR count). The van der Waals surface area contributed by atoms with Crippen LogP contribution in [0.2, 0.25) is 0 Å². The SMILES string of the molecule is CCC1N=C(Nc2nc(-c3ccccc3C(F)(F)F)nc3ccccc23)N=C1C1CC1. The zero-order valence-electron chi connectivity index (χ0n) is 16.8. The first-order valence-electron chi connectivity index (χ1n) is 10.3. The molecule has 2 heterocycles. The largest absolute Gasteiger partial charge is 0.417 e. The van der Waals surface area contributed by atoms with Gasteiger partial charge in [0.25, 0.3) is 0 Å². The van der Waals surface area contributed by atoms with Gasteiger partial charge in [-0.05, 0) is 43.4 Å². The van der Waals surface area contributed by atoms with Crippen molar-refractivity contribution in [2.24, 2.45) is 15.9 Å². The van der Waals surface area contributed by atoms with Crippen molar-refractivity contribution in [3.63, 3.8) is 0 Å². The van der Waals surface area contributed by atoms with Crippen molar-refractivity contribution in [1.82, 2.24) is 9.97 Å². The molecule has 1 aromatic heterocycles. The maximum absolute atomic E-state index is 13.6. The molecule has 2 aliphatic rings. The highest BCUT2D eigenvalue weighted by atomic mass is 19.4. The summed E-state index contributed by atoms with van der Waals surface area (Å²) in [5, 5.41) is 3.86. The van der Waals surface area contributed by atoms with Crippen LogP contribution < -0.4 is 5.32 Å². The van der Waals surface area contributed by atoms with E-state index >= 15 is 0 Å². The standard InChI is InChI=1S/C23H20F3N5/c1-2-17-19(13-11-12-13)29-22(28-17)31-21-15-8-4-6-10-18(15)27-20(30-21)14-7-3-5-9-16(14)23(24,25)26/h3-10,13,17H,2,11-12H2,1H3,(H,27,28,30,31).